The van der Waals surface area contributed by atoms with Crippen molar-refractivity contribution in [1.82, 2.24) is 0 Å². The summed E-state index contributed by atoms with van der Waals surface area (Å²) in [5.74, 6) is 0. The summed E-state index contributed by atoms with van der Waals surface area (Å²) in [5, 5.41) is 0. The first-order valence-electron chi connectivity index (χ1n) is 5.71. The summed E-state index contributed by atoms with van der Waals surface area (Å²) in [5.41, 5.74) is 11.1. The first-order chi connectivity index (χ1) is 6.20. The van der Waals surface area contributed by atoms with Gasteiger partial charge in [-0.1, -0.05) is 33.1 Å². The van der Waals surface area contributed by atoms with E-state index in [9.17, 15) is 0 Å². The summed E-state index contributed by atoms with van der Waals surface area (Å²) in [7, 11) is 0. The monoisotopic (exact) mass is 186 g/mol. The lowest BCUT2D eigenvalue weighted by Gasteiger charge is -2.03. The molecule has 13 heavy (non-hydrogen) atoms. The number of hydrogen-bond donors (Lipinski definition) is 2. The zero-order valence-corrected chi connectivity index (χ0v) is 9.26. The van der Waals surface area contributed by atoms with Gasteiger partial charge in [0.05, 0.1) is 0 Å². The SMILES string of the molecule is CCCC(N)CC.NC1CCCC1. The molecule has 4 N–H and O–H groups in total. The van der Waals surface area contributed by atoms with Crippen LogP contribution in [0.5, 0.6) is 0 Å². The normalized spacial score (nSPS) is 19.4. The molecule has 0 aromatic carbocycles. The van der Waals surface area contributed by atoms with Gasteiger partial charge in [-0.05, 0) is 25.7 Å². The average Bonchev–Trinajstić information content (AvgIpc) is 2.57. The molecule has 0 bridgehead atoms. The third-order valence-electron chi connectivity index (χ3n) is 2.58. The van der Waals surface area contributed by atoms with E-state index in [0.29, 0.717) is 12.1 Å². The molecule has 0 saturated heterocycles. The van der Waals surface area contributed by atoms with Crippen molar-refractivity contribution < 1.29 is 0 Å². The van der Waals surface area contributed by atoms with E-state index < -0.39 is 0 Å². The van der Waals surface area contributed by atoms with Crippen molar-refractivity contribution in [3.8, 4) is 0 Å². The molecule has 0 radical (unpaired) electrons. The first kappa shape index (κ1) is 12.9. The molecule has 1 unspecified atom stereocenters. The summed E-state index contributed by atoms with van der Waals surface area (Å²) in [6.45, 7) is 4.29. The summed E-state index contributed by atoms with van der Waals surface area (Å²) in [6.07, 6.45) is 8.77. The van der Waals surface area contributed by atoms with Crippen LogP contribution in [0, 0.1) is 0 Å². The molecule has 0 heterocycles. The van der Waals surface area contributed by atoms with Gasteiger partial charge in [0.1, 0.15) is 0 Å². The van der Waals surface area contributed by atoms with E-state index in [2.05, 4.69) is 13.8 Å². The Bertz CT molecular complexity index is 98.3. The Labute approximate surface area is 83.1 Å². The van der Waals surface area contributed by atoms with Gasteiger partial charge in [-0.2, -0.15) is 0 Å². The van der Waals surface area contributed by atoms with Crippen LogP contribution in [0.2, 0.25) is 0 Å². The van der Waals surface area contributed by atoms with Crippen LogP contribution in [-0.2, 0) is 0 Å². The molecule has 1 saturated carbocycles. The topological polar surface area (TPSA) is 52.0 Å². The maximum Gasteiger partial charge on any atom is 0.00388 e. The molecular weight excluding hydrogens is 160 g/mol. The van der Waals surface area contributed by atoms with Gasteiger partial charge in [0.15, 0.2) is 0 Å². The molecule has 0 spiro atoms. The molecule has 0 aliphatic heterocycles. The fourth-order valence-corrected chi connectivity index (χ4v) is 1.53. The highest BCUT2D eigenvalue weighted by Crippen LogP contribution is 2.14. The Morgan fingerprint density at radius 3 is 1.92 bits per heavy atom. The van der Waals surface area contributed by atoms with Crippen LogP contribution in [-0.4, -0.2) is 12.1 Å². The quantitative estimate of drug-likeness (QED) is 0.711. The minimum atomic E-state index is 0.449. The van der Waals surface area contributed by atoms with Crippen molar-refractivity contribution in [2.24, 2.45) is 11.5 Å². The van der Waals surface area contributed by atoms with Crippen molar-refractivity contribution in [3.05, 3.63) is 0 Å². The van der Waals surface area contributed by atoms with Gasteiger partial charge >= 0.3 is 0 Å². The maximum atomic E-state index is 5.58. The maximum absolute atomic E-state index is 5.58. The van der Waals surface area contributed by atoms with Crippen molar-refractivity contribution in [1.29, 1.82) is 0 Å². The smallest absolute Gasteiger partial charge is 0.00388 e. The average molecular weight is 186 g/mol. The van der Waals surface area contributed by atoms with Crippen LogP contribution in [0.4, 0.5) is 0 Å². The van der Waals surface area contributed by atoms with Crippen molar-refractivity contribution in [2.75, 3.05) is 0 Å². The summed E-state index contributed by atoms with van der Waals surface area (Å²) < 4.78 is 0. The van der Waals surface area contributed by atoms with E-state index in [0.717, 1.165) is 6.42 Å². The zero-order valence-electron chi connectivity index (χ0n) is 9.26. The lowest BCUT2D eigenvalue weighted by atomic mass is 10.1. The van der Waals surface area contributed by atoms with Crippen LogP contribution in [0.3, 0.4) is 0 Å². The Balaban J connectivity index is 0.000000223. The van der Waals surface area contributed by atoms with Crippen molar-refractivity contribution in [2.45, 2.75) is 70.9 Å². The van der Waals surface area contributed by atoms with E-state index in [1.54, 1.807) is 0 Å². The van der Waals surface area contributed by atoms with Gasteiger partial charge in [-0.3, -0.25) is 0 Å². The van der Waals surface area contributed by atoms with Gasteiger partial charge in [-0.15, -0.1) is 0 Å². The third-order valence-corrected chi connectivity index (χ3v) is 2.58. The minimum Gasteiger partial charge on any atom is -0.328 e. The second-order valence-corrected chi connectivity index (χ2v) is 4.00. The van der Waals surface area contributed by atoms with Crippen molar-refractivity contribution >= 4 is 0 Å². The molecule has 0 amide bonds. The summed E-state index contributed by atoms with van der Waals surface area (Å²) >= 11 is 0. The highest BCUT2D eigenvalue weighted by molar-refractivity contribution is 4.67. The van der Waals surface area contributed by atoms with E-state index in [1.807, 2.05) is 0 Å². The molecular formula is C11H26N2. The molecule has 1 aliphatic rings. The number of hydrogen-bond acceptors (Lipinski definition) is 2. The largest absolute Gasteiger partial charge is 0.328 e. The van der Waals surface area contributed by atoms with Gasteiger partial charge in [0.25, 0.3) is 0 Å². The molecule has 0 aromatic heterocycles. The predicted molar refractivity (Wildman–Crippen MR) is 59.6 cm³/mol. The second kappa shape index (κ2) is 8.52. The van der Waals surface area contributed by atoms with Gasteiger partial charge in [-0.25, -0.2) is 0 Å². The molecule has 2 heteroatoms. The van der Waals surface area contributed by atoms with Crippen molar-refractivity contribution in [3.63, 3.8) is 0 Å². The predicted octanol–water partition coefficient (Wildman–Crippen LogP) is 2.41. The Morgan fingerprint density at radius 2 is 1.77 bits per heavy atom. The first-order valence-corrected chi connectivity index (χ1v) is 5.71. The van der Waals surface area contributed by atoms with Crippen LogP contribution < -0.4 is 11.5 Å². The van der Waals surface area contributed by atoms with Gasteiger partial charge in [0.2, 0.25) is 0 Å². The number of nitrogens with two attached hydrogens (primary N) is 2. The van der Waals surface area contributed by atoms with Gasteiger partial charge in [0, 0.05) is 12.1 Å². The third kappa shape index (κ3) is 8.26. The lowest BCUT2D eigenvalue weighted by molar-refractivity contribution is 0.587. The second-order valence-electron chi connectivity index (χ2n) is 4.00. The molecule has 1 fully saturated rings. The lowest BCUT2D eigenvalue weighted by Crippen LogP contribution is -2.17. The number of rotatable bonds is 3. The molecule has 1 rings (SSSR count). The van der Waals surface area contributed by atoms with Crippen LogP contribution in [0.25, 0.3) is 0 Å². The molecule has 1 atom stereocenters. The molecule has 0 aromatic rings. The van der Waals surface area contributed by atoms with Crippen LogP contribution >= 0.6 is 0 Å². The molecule has 1 aliphatic carbocycles. The fourth-order valence-electron chi connectivity index (χ4n) is 1.53. The van der Waals surface area contributed by atoms with Crippen LogP contribution in [0.15, 0.2) is 0 Å². The molecule has 80 valence electrons. The van der Waals surface area contributed by atoms with E-state index in [-0.39, 0.29) is 0 Å². The standard InChI is InChI=1S/C6H15N.C5H11N/c1-3-5-6(7)4-2;6-5-3-1-2-4-5/h6H,3-5,7H2,1-2H3;5H,1-4,6H2. The van der Waals surface area contributed by atoms with Gasteiger partial charge < -0.3 is 11.5 Å². The minimum absolute atomic E-state index is 0.449. The Morgan fingerprint density at radius 1 is 1.23 bits per heavy atom. The van der Waals surface area contributed by atoms with E-state index in [4.69, 9.17) is 11.5 Å². The van der Waals surface area contributed by atoms with E-state index >= 15 is 0 Å². The zero-order chi connectivity index (χ0) is 10.1. The fraction of sp³-hybridized carbons (Fsp3) is 1.00. The van der Waals surface area contributed by atoms with Crippen LogP contribution in [0.1, 0.15) is 58.8 Å². The summed E-state index contributed by atoms with van der Waals surface area (Å²) in [6, 6.07) is 0.995. The highest BCUT2D eigenvalue weighted by Gasteiger charge is 2.07. The highest BCUT2D eigenvalue weighted by atomic mass is 14.6. The molecule has 2 nitrogen and oxygen atoms in total. The summed E-state index contributed by atoms with van der Waals surface area (Å²) in [4.78, 5) is 0. The Hall–Kier alpha value is -0.0800. The Kier molecular flexibility index (Phi) is 8.46. The van der Waals surface area contributed by atoms with E-state index in [1.165, 1.54) is 38.5 Å².